The van der Waals surface area contributed by atoms with Crippen molar-refractivity contribution in [1.29, 1.82) is 5.26 Å². The third-order valence-corrected chi connectivity index (χ3v) is 1.99. The molecule has 1 rings (SSSR count). The number of aromatic nitrogens is 2. The zero-order chi connectivity index (χ0) is 11.1. The summed E-state index contributed by atoms with van der Waals surface area (Å²) in [5.74, 6) is 0.621. The summed E-state index contributed by atoms with van der Waals surface area (Å²) >= 11 is 0. The van der Waals surface area contributed by atoms with Gasteiger partial charge in [0.1, 0.15) is 6.07 Å². The van der Waals surface area contributed by atoms with E-state index in [1.54, 1.807) is 13.3 Å². The maximum atomic E-state index is 8.84. The molecule has 1 aromatic heterocycles. The fourth-order valence-corrected chi connectivity index (χ4v) is 1.24. The number of nitriles is 1. The molecule has 0 aromatic carbocycles. The number of nitrogens with zero attached hydrogens (tertiary/aromatic N) is 4. The summed E-state index contributed by atoms with van der Waals surface area (Å²) in [6, 6.07) is 2.02. The maximum absolute atomic E-state index is 8.84. The van der Waals surface area contributed by atoms with Crippen molar-refractivity contribution in [3.05, 3.63) is 18.1 Å². The Labute approximate surface area is 89.3 Å². The molecule has 1 heterocycles. The first-order valence-electron chi connectivity index (χ1n) is 4.70. The Morgan fingerprint density at radius 2 is 2.20 bits per heavy atom. The molecule has 0 N–H and O–H groups in total. The molecule has 0 aliphatic rings. The van der Waals surface area contributed by atoms with Crippen LogP contribution in [0.25, 0.3) is 0 Å². The van der Waals surface area contributed by atoms with E-state index < -0.39 is 0 Å². The van der Waals surface area contributed by atoms with Gasteiger partial charge in [-0.05, 0) is 6.42 Å². The number of methoxy groups -OCH3 is 1. The fourth-order valence-electron chi connectivity index (χ4n) is 1.24. The first-order chi connectivity index (χ1) is 7.29. The number of hydrogen-bond acceptors (Lipinski definition) is 5. The van der Waals surface area contributed by atoms with Gasteiger partial charge in [0.15, 0.2) is 11.5 Å². The van der Waals surface area contributed by atoms with E-state index in [2.05, 4.69) is 9.97 Å². The fraction of sp³-hybridized carbons (Fsp3) is 0.500. The Hall–Kier alpha value is -1.67. The van der Waals surface area contributed by atoms with E-state index in [-0.39, 0.29) is 0 Å². The Morgan fingerprint density at radius 1 is 1.47 bits per heavy atom. The molecule has 5 heteroatoms. The Morgan fingerprint density at radius 3 is 2.87 bits per heavy atom. The van der Waals surface area contributed by atoms with Crippen molar-refractivity contribution in [3.8, 4) is 6.07 Å². The lowest BCUT2D eigenvalue weighted by Gasteiger charge is -2.17. The van der Waals surface area contributed by atoms with Crippen molar-refractivity contribution >= 4 is 5.82 Å². The summed E-state index contributed by atoms with van der Waals surface area (Å²) in [5, 5.41) is 8.84. The summed E-state index contributed by atoms with van der Waals surface area (Å²) < 4.78 is 4.96. The lowest BCUT2D eigenvalue weighted by atomic mass is 10.3. The van der Waals surface area contributed by atoms with Crippen LogP contribution in [0.15, 0.2) is 12.4 Å². The first kappa shape index (κ1) is 11.4. The Kier molecular flexibility index (Phi) is 4.51. The zero-order valence-corrected chi connectivity index (χ0v) is 8.97. The highest BCUT2D eigenvalue weighted by molar-refractivity contribution is 5.48. The van der Waals surface area contributed by atoms with Gasteiger partial charge in [0, 0.05) is 39.7 Å². The van der Waals surface area contributed by atoms with Crippen LogP contribution >= 0.6 is 0 Å². The highest BCUT2D eigenvalue weighted by Crippen LogP contribution is 2.11. The number of hydrogen-bond donors (Lipinski definition) is 0. The number of rotatable bonds is 5. The van der Waals surface area contributed by atoms with Crippen LogP contribution in [0, 0.1) is 11.3 Å². The lowest BCUT2D eigenvalue weighted by Crippen LogP contribution is -2.22. The van der Waals surface area contributed by atoms with Crippen LogP contribution < -0.4 is 4.90 Å². The summed E-state index contributed by atoms with van der Waals surface area (Å²) in [7, 11) is 3.56. The molecule has 0 saturated heterocycles. The van der Waals surface area contributed by atoms with Crippen LogP contribution in [-0.4, -0.2) is 37.3 Å². The van der Waals surface area contributed by atoms with Gasteiger partial charge < -0.3 is 9.64 Å². The predicted molar refractivity (Wildman–Crippen MR) is 56.5 cm³/mol. The van der Waals surface area contributed by atoms with E-state index in [9.17, 15) is 0 Å². The molecule has 0 saturated carbocycles. The summed E-state index contributed by atoms with van der Waals surface area (Å²) in [4.78, 5) is 9.99. The van der Waals surface area contributed by atoms with Crippen molar-refractivity contribution in [2.24, 2.45) is 0 Å². The molecule has 80 valence electrons. The average Bonchev–Trinajstić information content (AvgIpc) is 2.29. The van der Waals surface area contributed by atoms with Crippen molar-refractivity contribution in [3.63, 3.8) is 0 Å². The average molecular weight is 206 g/mol. The van der Waals surface area contributed by atoms with Gasteiger partial charge in [-0.2, -0.15) is 5.26 Å². The maximum Gasteiger partial charge on any atom is 0.183 e. The molecule has 0 amide bonds. The second kappa shape index (κ2) is 5.94. The highest BCUT2D eigenvalue weighted by Gasteiger charge is 2.08. The van der Waals surface area contributed by atoms with Gasteiger partial charge in [0.25, 0.3) is 0 Å². The summed E-state index contributed by atoms with van der Waals surface area (Å²) in [6.45, 7) is 1.49. The minimum atomic E-state index is 0.359. The molecular formula is C10H14N4O. The summed E-state index contributed by atoms with van der Waals surface area (Å²) in [6.07, 6.45) is 4.00. The van der Waals surface area contributed by atoms with Crippen LogP contribution in [0.2, 0.25) is 0 Å². The molecule has 0 spiro atoms. The van der Waals surface area contributed by atoms with Crippen molar-refractivity contribution in [1.82, 2.24) is 9.97 Å². The molecule has 0 aliphatic heterocycles. The number of anilines is 1. The third kappa shape index (κ3) is 3.18. The van der Waals surface area contributed by atoms with E-state index in [4.69, 9.17) is 10.00 Å². The topological polar surface area (TPSA) is 62.0 Å². The molecular weight excluding hydrogens is 192 g/mol. The van der Waals surface area contributed by atoms with Crippen molar-refractivity contribution in [2.75, 3.05) is 32.2 Å². The van der Waals surface area contributed by atoms with Crippen molar-refractivity contribution in [2.45, 2.75) is 6.42 Å². The van der Waals surface area contributed by atoms with Gasteiger partial charge in [0.05, 0.1) is 0 Å². The molecule has 5 nitrogen and oxygen atoms in total. The molecule has 0 unspecified atom stereocenters. The smallest absolute Gasteiger partial charge is 0.183 e. The van der Waals surface area contributed by atoms with Gasteiger partial charge in [-0.25, -0.2) is 9.97 Å². The van der Waals surface area contributed by atoms with Gasteiger partial charge >= 0.3 is 0 Å². The normalized spacial score (nSPS) is 9.67. The lowest BCUT2D eigenvalue weighted by molar-refractivity contribution is 0.196. The molecule has 1 aromatic rings. The second-order valence-electron chi connectivity index (χ2n) is 3.11. The SMILES string of the molecule is COCCCN(C)c1nccnc1C#N. The highest BCUT2D eigenvalue weighted by atomic mass is 16.5. The standard InChI is InChI=1S/C10H14N4O/c1-14(6-3-7-15-2)10-9(8-11)12-4-5-13-10/h4-5H,3,6-7H2,1-2H3. The van der Waals surface area contributed by atoms with Crippen LogP contribution in [0.5, 0.6) is 0 Å². The van der Waals surface area contributed by atoms with Gasteiger partial charge in [-0.1, -0.05) is 0 Å². The summed E-state index contributed by atoms with van der Waals surface area (Å²) in [5.41, 5.74) is 0.359. The van der Waals surface area contributed by atoms with Gasteiger partial charge in [-0.3, -0.25) is 0 Å². The Bertz CT molecular complexity index is 348. The number of ether oxygens (including phenoxy) is 1. The van der Waals surface area contributed by atoms with E-state index >= 15 is 0 Å². The van der Waals surface area contributed by atoms with E-state index in [1.807, 2.05) is 18.0 Å². The monoisotopic (exact) mass is 206 g/mol. The van der Waals surface area contributed by atoms with Gasteiger partial charge in [-0.15, -0.1) is 0 Å². The molecule has 0 aliphatic carbocycles. The first-order valence-corrected chi connectivity index (χ1v) is 4.70. The molecule has 0 bridgehead atoms. The second-order valence-corrected chi connectivity index (χ2v) is 3.11. The van der Waals surface area contributed by atoms with Crippen molar-refractivity contribution < 1.29 is 4.74 Å². The van der Waals surface area contributed by atoms with E-state index in [1.165, 1.54) is 6.20 Å². The molecule has 0 atom stereocenters. The van der Waals surface area contributed by atoms with Gasteiger partial charge in [0.2, 0.25) is 0 Å². The molecule has 0 radical (unpaired) electrons. The largest absolute Gasteiger partial charge is 0.385 e. The van der Waals surface area contributed by atoms with Crippen LogP contribution in [0.4, 0.5) is 5.82 Å². The van der Waals surface area contributed by atoms with Crippen LogP contribution in [0.1, 0.15) is 12.1 Å². The predicted octanol–water partition coefficient (Wildman–Crippen LogP) is 0.821. The minimum Gasteiger partial charge on any atom is -0.385 e. The molecule has 0 fully saturated rings. The third-order valence-electron chi connectivity index (χ3n) is 1.99. The van der Waals surface area contributed by atoms with E-state index in [0.29, 0.717) is 18.1 Å². The quantitative estimate of drug-likeness (QED) is 0.667. The minimum absolute atomic E-state index is 0.359. The van der Waals surface area contributed by atoms with Crippen LogP contribution in [-0.2, 0) is 4.74 Å². The Balaban J connectivity index is 2.65. The van der Waals surface area contributed by atoms with E-state index in [0.717, 1.165) is 13.0 Å². The molecule has 15 heavy (non-hydrogen) atoms. The zero-order valence-electron chi connectivity index (χ0n) is 8.97. The van der Waals surface area contributed by atoms with Crippen LogP contribution in [0.3, 0.4) is 0 Å².